The van der Waals surface area contributed by atoms with E-state index >= 15 is 0 Å². The summed E-state index contributed by atoms with van der Waals surface area (Å²) in [4.78, 5) is 11.8. The van der Waals surface area contributed by atoms with Crippen molar-refractivity contribution in [3.05, 3.63) is 29.8 Å². The Balaban J connectivity index is 1.87. The van der Waals surface area contributed by atoms with Crippen LogP contribution >= 0.6 is 0 Å². The number of amides is 1. The Bertz CT molecular complexity index is 388. The first-order chi connectivity index (χ1) is 8.16. The number of nitrogens with one attached hydrogen (secondary N) is 1. The van der Waals surface area contributed by atoms with E-state index in [0.29, 0.717) is 18.0 Å². The monoisotopic (exact) mass is 235 g/mol. The third-order valence-electron chi connectivity index (χ3n) is 3.19. The Morgan fingerprint density at radius 2 is 2.18 bits per heavy atom. The molecule has 1 saturated heterocycles. The number of aromatic hydroxyl groups is 1. The molecule has 0 aliphatic carbocycles. The van der Waals surface area contributed by atoms with Crippen molar-refractivity contribution in [1.29, 1.82) is 0 Å². The van der Waals surface area contributed by atoms with Crippen molar-refractivity contribution in [3.63, 3.8) is 0 Å². The SMILES string of the molecule is CC1OCCC1CNC(=O)c1ccc(O)cc1. The van der Waals surface area contributed by atoms with Crippen LogP contribution in [0.3, 0.4) is 0 Å². The average Bonchev–Trinajstić information content (AvgIpc) is 2.73. The fourth-order valence-corrected chi connectivity index (χ4v) is 1.98. The quantitative estimate of drug-likeness (QED) is 0.835. The van der Waals surface area contributed by atoms with Crippen molar-refractivity contribution < 1.29 is 14.6 Å². The first-order valence-electron chi connectivity index (χ1n) is 5.85. The highest BCUT2D eigenvalue weighted by Gasteiger charge is 2.24. The van der Waals surface area contributed by atoms with Gasteiger partial charge in [0.1, 0.15) is 5.75 Å². The van der Waals surface area contributed by atoms with Gasteiger partial charge in [0.2, 0.25) is 0 Å². The van der Waals surface area contributed by atoms with Crippen molar-refractivity contribution >= 4 is 5.91 Å². The van der Waals surface area contributed by atoms with Gasteiger partial charge in [0.25, 0.3) is 5.91 Å². The van der Waals surface area contributed by atoms with E-state index in [-0.39, 0.29) is 17.8 Å². The van der Waals surface area contributed by atoms with Crippen molar-refractivity contribution in [2.45, 2.75) is 19.4 Å². The third-order valence-corrected chi connectivity index (χ3v) is 3.19. The van der Waals surface area contributed by atoms with Crippen molar-refractivity contribution in [2.24, 2.45) is 5.92 Å². The largest absolute Gasteiger partial charge is 0.508 e. The molecule has 4 nitrogen and oxygen atoms in total. The van der Waals surface area contributed by atoms with Crippen molar-refractivity contribution in [3.8, 4) is 5.75 Å². The summed E-state index contributed by atoms with van der Waals surface area (Å²) in [7, 11) is 0. The molecule has 0 bridgehead atoms. The Morgan fingerprint density at radius 1 is 1.47 bits per heavy atom. The molecule has 4 heteroatoms. The molecule has 2 rings (SSSR count). The van der Waals surface area contributed by atoms with Crippen LogP contribution in [0.4, 0.5) is 0 Å². The first kappa shape index (κ1) is 11.9. The zero-order valence-corrected chi connectivity index (χ0v) is 9.85. The zero-order chi connectivity index (χ0) is 12.3. The molecule has 0 radical (unpaired) electrons. The maximum atomic E-state index is 11.8. The lowest BCUT2D eigenvalue weighted by molar-refractivity contribution is 0.0907. The van der Waals surface area contributed by atoms with E-state index in [1.165, 1.54) is 12.1 Å². The second-order valence-corrected chi connectivity index (χ2v) is 4.38. The minimum Gasteiger partial charge on any atom is -0.508 e. The van der Waals surface area contributed by atoms with Gasteiger partial charge < -0.3 is 15.2 Å². The molecule has 17 heavy (non-hydrogen) atoms. The molecule has 2 atom stereocenters. The summed E-state index contributed by atoms with van der Waals surface area (Å²) < 4.78 is 5.43. The Labute approximate surface area is 101 Å². The molecule has 2 unspecified atom stereocenters. The number of phenols is 1. The Hall–Kier alpha value is -1.55. The average molecular weight is 235 g/mol. The summed E-state index contributed by atoms with van der Waals surface area (Å²) in [6.45, 7) is 3.45. The molecule has 0 spiro atoms. The van der Waals surface area contributed by atoms with Crippen LogP contribution in [0.15, 0.2) is 24.3 Å². The molecule has 1 aromatic rings. The summed E-state index contributed by atoms with van der Waals surface area (Å²) in [5, 5.41) is 12.0. The fraction of sp³-hybridized carbons (Fsp3) is 0.462. The lowest BCUT2D eigenvalue weighted by Gasteiger charge is -2.14. The van der Waals surface area contributed by atoms with Gasteiger partial charge in [-0.15, -0.1) is 0 Å². The number of hydrogen-bond donors (Lipinski definition) is 2. The van der Waals surface area contributed by atoms with Gasteiger partial charge in [0.15, 0.2) is 0 Å². The molecule has 2 N–H and O–H groups in total. The summed E-state index contributed by atoms with van der Waals surface area (Å²) in [6.07, 6.45) is 1.21. The standard InChI is InChI=1S/C13H17NO3/c1-9-11(6-7-17-9)8-14-13(16)10-2-4-12(15)5-3-10/h2-5,9,11,15H,6-8H2,1H3,(H,14,16). The van der Waals surface area contributed by atoms with Crippen LogP contribution in [0.5, 0.6) is 5.75 Å². The number of hydrogen-bond acceptors (Lipinski definition) is 3. The van der Waals surface area contributed by atoms with E-state index in [4.69, 9.17) is 9.84 Å². The molecule has 0 saturated carbocycles. The molecule has 1 heterocycles. The summed E-state index contributed by atoms with van der Waals surface area (Å²) >= 11 is 0. The summed E-state index contributed by atoms with van der Waals surface area (Å²) in [5.74, 6) is 0.458. The van der Waals surface area contributed by atoms with Crippen LogP contribution in [0.25, 0.3) is 0 Å². The topological polar surface area (TPSA) is 58.6 Å². The lowest BCUT2D eigenvalue weighted by Crippen LogP contribution is -2.31. The highest BCUT2D eigenvalue weighted by molar-refractivity contribution is 5.94. The normalized spacial score (nSPS) is 23.6. The zero-order valence-electron chi connectivity index (χ0n) is 9.85. The van der Waals surface area contributed by atoms with Crippen LogP contribution < -0.4 is 5.32 Å². The van der Waals surface area contributed by atoms with Gasteiger partial charge in [0, 0.05) is 24.6 Å². The number of phenolic OH excluding ortho intramolecular Hbond substituents is 1. The van der Waals surface area contributed by atoms with Crippen LogP contribution in [-0.4, -0.2) is 30.3 Å². The van der Waals surface area contributed by atoms with Gasteiger partial charge >= 0.3 is 0 Å². The van der Waals surface area contributed by atoms with E-state index in [1.54, 1.807) is 12.1 Å². The number of rotatable bonds is 3. The molecular formula is C13H17NO3. The van der Waals surface area contributed by atoms with Crippen molar-refractivity contribution in [1.82, 2.24) is 5.32 Å². The molecule has 92 valence electrons. The van der Waals surface area contributed by atoms with Crippen molar-refractivity contribution in [2.75, 3.05) is 13.2 Å². The maximum Gasteiger partial charge on any atom is 0.251 e. The van der Waals surface area contributed by atoms with Gasteiger partial charge in [-0.2, -0.15) is 0 Å². The van der Waals surface area contributed by atoms with E-state index in [0.717, 1.165) is 13.0 Å². The highest BCUT2D eigenvalue weighted by atomic mass is 16.5. The maximum absolute atomic E-state index is 11.8. The second-order valence-electron chi connectivity index (χ2n) is 4.38. The van der Waals surface area contributed by atoms with E-state index in [9.17, 15) is 4.79 Å². The summed E-state index contributed by atoms with van der Waals surface area (Å²) in [6, 6.07) is 6.24. The third kappa shape index (κ3) is 2.97. The predicted molar refractivity (Wildman–Crippen MR) is 64.0 cm³/mol. The number of carbonyl (C=O) groups is 1. The van der Waals surface area contributed by atoms with Gasteiger partial charge in [-0.05, 0) is 37.6 Å². The van der Waals surface area contributed by atoms with Gasteiger partial charge in [0.05, 0.1) is 6.10 Å². The molecule has 1 aromatic carbocycles. The Morgan fingerprint density at radius 3 is 2.76 bits per heavy atom. The van der Waals surface area contributed by atoms with Gasteiger partial charge in [-0.25, -0.2) is 0 Å². The highest BCUT2D eigenvalue weighted by Crippen LogP contribution is 2.19. The smallest absolute Gasteiger partial charge is 0.251 e. The van der Waals surface area contributed by atoms with Crippen LogP contribution in [0.1, 0.15) is 23.7 Å². The molecular weight excluding hydrogens is 218 g/mol. The van der Waals surface area contributed by atoms with Crippen LogP contribution in [0, 0.1) is 5.92 Å². The number of benzene rings is 1. The number of ether oxygens (including phenoxy) is 1. The second kappa shape index (κ2) is 5.19. The minimum absolute atomic E-state index is 0.107. The molecule has 1 fully saturated rings. The van der Waals surface area contributed by atoms with Crippen LogP contribution in [0.2, 0.25) is 0 Å². The summed E-state index contributed by atoms with van der Waals surface area (Å²) in [5.41, 5.74) is 0.564. The minimum atomic E-state index is -0.107. The molecule has 1 aliphatic rings. The van der Waals surface area contributed by atoms with Gasteiger partial charge in [-0.3, -0.25) is 4.79 Å². The number of carbonyl (C=O) groups excluding carboxylic acids is 1. The predicted octanol–water partition coefficient (Wildman–Crippen LogP) is 1.55. The first-order valence-corrected chi connectivity index (χ1v) is 5.85. The molecule has 1 amide bonds. The molecule has 0 aromatic heterocycles. The molecule has 1 aliphatic heterocycles. The Kier molecular flexibility index (Phi) is 3.64. The van der Waals surface area contributed by atoms with E-state index in [1.807, 2.05) is 6.92 Å². The van der Waals surface area contributed by atoms with E-state index in [2.05, 4.69) is 5.32 Å². The van der Waals surface area contributed by atoms with E-state index < -0.39 is 0 Å². The lowest BCUT2D eigenvalue weighted by atomic mass is 10.0. The fourth-order valence-electron chi connectivity index (χ4n) is 1.98. The van der Waals surface area contributed by atoms with Crippen LogP contribution in [-0.2, 0) is 4.74 Å². The van der Waals surface area contributed by atoms with Gasteiger partial charge in [-0.1, -0.05) is 0 Å².